The first kappa shape index (κ1) is 12.3. The smallest absolute Gasteiger partial charge is 0.257 e. The lowest BCUT2D eigenvalue weighted by Crippen LogP contribution is -2.38. The molecule has 3 N–H and O–H groups in total. The summed E-state index contributed by atoms with van der Waals surface area (Å²) in [6, 6.07) is 1.46. The summed E-state index contributed by atoms with van der Waals surface area (Å²) in [6.45, 7) is 2.48. The van der Waals surface area contributed by atoms with E-state index >= 15 is 0 Å². The highest BCUT2D eigenvalue weighted by atomic mass is 16.3. The Hall–Kier alpha value is -2.11. The maximum Gasteiger partial charge on any atom is 0.257 e. The summed E-state index contributed by atoms with van der Waals surface area (Å²) in [5.41, 5.74) is 4.84. The molecule has 18 heavy (non-hydrogen) atoms. The minimum Gasteiger partial charge on any atom is -0.505 e. The predicted octanol–water partition coefficient (Wildman–Crippen LogP) is 0.125. The van der Waals surface area contributed by atoms with E-state index in [1.165, 1.54) is 23.4 Å². The van der Waals surface area contributed by atoms with Crippen LogP contribution in [0.5, 0.6) is 5.75 Å². The maximum absolute atomic E-state index is 12.2. The van der Waals surface area contributed by atoms with Crippen LogP contribution < -0.4 is 5.73 Å². The predicted molar refractivity (Wildman–Crippen MR) is 63.7 cm³/mol. The van der Waals surface area contributed by atoms with E-state index in [4.69, 9.17) is 5.73 Å². The monoisotopic (exact) mass is 249 g/mol. The molecule has 6 heteroatoms. The molecule has 1 aliphatic rings. The lowest BCUT2D eigenvalue weighted by Gasteiger charge is -2.21. The van der Waals surface area contributed by atoms with Crippen LogP contribution in [0.4, 0.5) is 0 Å². The van der Waals surface area contributed by atoms with Crippen molar-refractivity contribution in [3.05, 3.63) is 24.0 Å². The van der Waals surface area contributed by atoms with Crippen molar-refractivity contribution in [3.63, 3.8) is 0 Å². The van der Waals surface area contributed by atoms with Gasteiger partial charge in [0.1, 0.15) is 5.75 Å². The highest BCUT2D eigenvalue weighted by Gasteiger charge is 2.41. The van der Waals surface area contributed by atoms with Crippen molar-refractivity contribution < 1.29 is 14.7 Å². The van der Waals surface area contributed by atoms with Crippen LogP contribution in [0.1, 0.15) is 23.7 Å². The average molecular weight is 249 g/mol. The number of carbonyl (C=O) groups excluding carboxylic acids is 2. The number of hydrogen-bond donors (Lipinski definition) is 2. The van der Waals surface area contributed by atoms with Crippen molar-refractivity contribution in [2.24, 2.45) is 11.1 Å². The van der Waals surface area contributed by atoms with Crippen LogP contribution in [0.3, 0.4) is 0 Å². The largest absolute Gasteiger partial charge is 0.505 e. The lowest BCUT2D eigenvalue weighted by atomic mass is 9.89. The van der Waals surface area contributed by atoms with Crippen molar-refractivity contribution in [3.8, 4) is 5.75 Å². The summed E-state index contributed by atoms with van der Waals surface area (Å²) in [4.78, 5) is 28.7. The molecule has 0 spiro atoms. The fourth-order valence-electron chi connectivity index (χ4n) is 2.07. The third kappa shape index (κ3) is 2.01. The molecule has 0 radical (unpaired) electrons. The van der Waals surface area contributed by atoms with Crippen molar-refractivity contribution in [2.45, 2.75) is 13.3 Å². The van der Waals surface area contributed by atoms with E-state index in [1.807, 2.05) is 0 Å². The summed E-state index contributed by atoms with van der Waals surface area (Å²) in [5.74, 6) is -0.869. The van der Waals surface area contributed by atoms with E-state index in [0.29, 0.717) is 13.0 Å². The molecule has 1 aromatic rings. The van der Waals surface area contributed by atoms with Gasteiger partial charge in [-0.05, 0) is 19.4 Å². The van der Waals surface area contributed by atoms with Crippen molar-refractivity contribution in [2.75, 3.05) is 13.1 Å². The SMILES string of the molecule is CC1(C(N)=O)CCN(C(=O)c2ccncc2O)C1. The van der Waals surface area contributed by atoms with Gasteiger partial charge in [0.15, 0.2) is 0 Å². The van der Waals surface area contributed by atoms with Crippen molar-refractivity contribution in [1.29, 1.82) is 0 Å². The second-order valence-corrected chi connectivity index (χ2v) is 4.79. The van der Waals surface area contributed by atoms with Crippen LogP contribution in [0, 0.1) is 5.41 Å². The first-order chi connectivity index (χ1) is 8.44. The summed E-state index contributed by atoms with van der Waals surface area (Å²) in [6.07, 6.45) is 3.20. The number of primary amides is 1. The Kier molecular flexibility index (Phi) is 2.94. The van der Waals surface area contributed by atoms with E-state index in [2.05, 4.69) is 4.98 Å². The molecule has 1 unspecified atom stereocenters. The molecule has 2 amide bonds. The molecule has 1 atom stereocenters. The number of nitrogens with zero attached hydrogens (tertiary/aromatic N) is 2. The van der Waals surface area contributed by atoms with Gasteiger partial charge in [0.25, 0.3) is 5.91 Å². The maximum atomic E-state index is 12.2. The molecule has 1 aromatic heterocycles. The molecule has 6 nitrogen and oxygen atoms in total. The van der Waals surface area contributed by atoms with E-state index in [9.17, 15) is 14.7 Å². The molecule has 2 rings (SSSR count). The third-order valence-corrected chi connectivity index (χ3v) is 3.39. The number of nitrogens with two attached hydrogens (primary N) is 1. The summed E-state index contributed by atoms with van der Waals surface area (Å²) in [5, 5.41) is 9.58. The van der Waals surface area contributed by atoms with Gasteiger partial charge in [-0.25, -0.2) is 0 Å². The van der Waals surface area contributed by atoms with Gasteiger partial charge in [-0.3, -0.25) is 14.6 Å². The molecule has 0 aromatic carbocycles. The second kappa shape index (κ2) is 4.29. The number of pyridine rings is 1. The molecule has 1 fully saturated rings. The van der Waals surface area contributed by atoms with Gasteiger partial charge in [-0.15, -0.1) is 0 Å². The number of likely N-dealkylation sites (tertiary alicyclic amines) is 1. The van der Waals surface area contributed by atoms with Gasteiger partial charge in [0.2, 0.25) is 5.91 Å². The number of amides is 2. The fourth-order valence-corrected chi connectivity index (χ4v) is 2.07. The molecule has 0 aliphatic carbocycles. The molecule has 0 bridgehead atoms. The number of rotatable bonds is 2. The van der Waals surface area contributed by atoms with Gasteiger partial charge in [-0.1, -0.05) is 0 Å². The molecular weight excluding hydrogens is 234 g/mol. The van der Waals surface area contributed by atoms with E-state index < -0.39 is 11.3 Å². The Bertz CT molecular complexity index is 503. The first-order valence-electron chi connectivity index (χ1n) is 5.66. The number of aromatic hydroxyl groups is 1. The van der Waals surface area contributed by atoms with Crippen LogP contribution >= 0.6 is 0 Å². The van der Waals surface area contributed by atoms with Gasteiger partial charge < -0.3 is 15.7 Å². The van der Waals surface area contributed by atoms with E-state index in [0.717, 1.165) is 0 Å². The van der Waals surface area contributed by atoms with Crippen LogP contribution in [-0.2, 0) is 4.79 Å². The summed E-state index contributed by atoms with van der Waals surface area (Å²) >= 11 is 0. The average Bonchev–Trinajstić information content (AvgIpc) is 2.73. The van der Waals surface area contributed by atoms with E-state index in [-0.39, 0.29) is 23.8 Å². The molecule has 1 aliphatic heterocycles. The Morgan fingerprint density at radius 2 is 2.28 bits per heavy atom. The van der Waals surface area contributed by atoms with Gasteiger partial charge in [0, 0.05) is 19.3 Å². The van der Waals surface area contributed by atoms with Crippen LogP contribution in [0.25, 0.3) is 0 Å². The Morgan fingerprint density at radius 1 is 1.56 bits per heavy atom. The zero-order valence-corrected chi connectivity index (χ0v) is 10.1. The topological polar surface area (TPSA) is 96.5 Å². The van der Waals surface area contributed by atoms with Crippen LogP contribution in [0.2, 0.25) is 0 Å². The molecular formula is C12H15N3O3. The molecule has 2 heterocycles. The highest BCUT2D eigenvalue weighted by Crippen LogP contribution is 2.31. The van der Waals surface area contributed by atoms with Crippen molar-refractivity contribution in [1.82, 2.24) is 9.88 Å². The third-order valence-electron chi connectivity index (χ3n) is 3.39. The second-order valence-electron chi connectivity index (χ2n) is 4.79. The molecule has 1 saturated heterocycles. The summed E-state index contributed by atoms with van der Waals surface area (Å²) < 4.78 is 0. The highest BCUT2D eigenvalue weighted by molar-refractivity contribution is 5.97. The molecule has 0 saturated carbocycles. The Labute approximate surface area is 104 Å². The number of hydrogen-bond acceptors (Lipinski definition) is 4. The van der Waals surface area contributed by atoms with Crippen LogP contribution in [0.15, 0.2) is 18.5 Å². The normalized spacial score (nSPS) is 23.1. The standard InChI is InChI=1S/C12H15N3O3/c1-12(11(13)18)3-5-15(7-12)10(17)8-2-4-14-6-9(8)16/h2,4,6,16H,3,5,7H2,1H3,(H2,13,18). The Morgan fingerprint density at radius 3 is 2.83 bits per heavy atom. The van der Waals surface area contributed by atoms with Crippen LogP contribution in [-0.4, -0.2) is 39.9 Å². The lowest BCUT2D eigenvalue weighted by molar-refractivity contribution is -0.126. The van der Waals surface area contributed by atoms with Crippen molar-refractivity contribution >= 4 is 11.8 Å². The first-order valence-corrected chi connectivity index (χ1v) is 5.66. The Balaban J connectivity index is 2.18. The number of aromatic nitrogens is 1. The molecule has 96 valence electrons. The van der Waals surface area contributed by atoms with Gasteiger partial charge in [0.05, 0.1) is 17.2 Å². The van der Waals surface area contributed by atoms with Gasteiger partial charge >= 0.3 is 0 Å². The van der Waals surface area contributed by atoms with E-state index in [1.54, 1.807) is 6.92 Å². The minimum atomic E-state index is -0.682. The quantitative estimate of drug-likeness (QED) is 0.778. The van der Waals surface area contributed by atoms with Gasteiger partial charge in [-0.2, -0.15) is 0 Å². The minimum absolute atomic E-state index is 0.157. The fraction of sp³-hybridized carbons (Fsp3) is 0.417. The number of carbonyl (C=O) groups is 2. The summed E-state index contributed by atoms with van der Waals surface area (Å²) in [7, 11) is 0. The zero-order chi connectivity index (χ0) is 13.3. The zero-order valence-electron chi connectivity index (χ0n) is 10.1.